The summed E-state index contributed by atoms with van der Waals surface area (Å²) in [6.07, 6.45) is 9.44. The van der Waals surface area contributed by atoms with E-state index in [0.717, 1.165) is 50.6 Å². The number of hydrogen-bond acceptors (Lipinski definition) is 5. The Bertz CT molecular complexity index is 901. The highest BCUT2D eigenvalue weighted by Gasteiger charge is 2.30. The molecule has 1 saturated heterocycles. The van der Waals surface area contributed by atoms with Gasteiger partial charge in [0.1, 0.15) is 5.00 Å². The second-order valence-electron chi connectivity index (χ2n) is 7.98. The molecule has 2 aromatic heterocycles. The maximum Gasteiger partial charge on any atom is 0.341 e. The minimum Gasteiger partial charge on any atom is -0.465 e. The smallest absolute Gasteiger partial charge is 0.341 e. The van der Waals surface area contributed by atoms with E-state index in [1.165, 1.54) is 24.1 Å². The monoisotopic (exact) mass is 415 g/mol. The van der Waals surface area contributed by atoms with Gasteiger partial charge in [-0.2, -0.15) is 0 Å². The van der Waals surface area contributed by atoms with Gasteiger partial charge in [-0.1, -0.05) is 6.42 Å². The van der Waals surface area contributed by atoms with E-state index in [0.29, 0.717) is 17.1 Å². The number of nitrogens with zero attached hydrogens (tertiary/aromatic N) is 2. The van der Waals surface area contributed by atoms with Gasteiger partial charge in [-0.3, -0.25) is 9.69 Å². The van der Waals surface area contributed by atoms with E-state index in [1.54, 1.807) is 11.3 Å². The molecule has 2 aliphatic rings. The summed E-state index contributed by atoms with van der Waals surface area (Å²) in [5, 5.41) is 3.70. The Labute approximate surface area is 175 Å². The van der Waals surface area contributed by atoms with Crippen LogP contribution >= 0.6 is 11.3 Å². The Balaban J connectivity index is 1.51. The lowest BCUT2D eigenvalue weighted by molar-refractivity contribution is -0.117. The number of thiophene rings is 1. The fourth-order valence-electron chi connectivity index (χ4n) is 4.67. The maximum absolute atomic E-state index is 12.9. The Morgan fingerprint density at radius 1 is 1.24 bits per heavy atom. The van der Waals surface area contributed by atoms with Gasteiger partial charge >= 0.3 is 5.97 Å². The normalized spacial score (nSPS) is 19.6. The van der Waals surface area contributed by atoms with Crippen molar-refractivity contribution >= 4 is 28.2 Å². The molecule has 6 nitrogen and oxygen atoms in total. The molecule has 0 saturated carbocycles. The van der Waals surface area contributed by atoms with Gasteiger partial charge in [-0.05, 0) is 62.8 Å². The van der Waals surface area contributed by atoms with Crippen LogP contribution in [-0.4, -0.2) is 41.5 Å². The molecule has 1 amide bonds. The molecule has 0 radical (unpaired) electrons. The van der Waals surface area contributed by atoms with Crippen molar-refractivity contribution < 1.29 is 14.3 Å². The van der Waals surface area contributed by atoms with Crippen LogP contribution in [-0.2, 0) is 29.4 Å². The van der Waals surface area contributed by atoms with E-state index in [1.807, 2.05) is 19.3 Å². The van der Waals surface area contributed by atoms with Crippen molar-refractivity contribution in [1.82, 2.24) is 9.47 Å². The number of anilines is 1. The van der Waals surface area contributed by atoms with E-state index in [2.05, 4.69) is 20.9 Å². The van der Waals surface area contributed by atoms with Crippen molar-refractivity contribution in [1.29, 1.82) is 0 Å². The number of aryl methyl sites for hydroxylation is 2. The molecule has 156 valence electrons. The summed E-state index contributed by atoms with van der Waals surface area (Å²) in [6.45, 7) is 1.24. The van der Waals surface area contributed by atoms with Gasteiger partial charge in [-0.15, -0.1) is 11.3 Å². The standard InChI is InChI=1S/C22H29N3O3S/c1-24-12-6-9-16(24)17-10-7-13-25(17)14-19(26)23-21-20(22(27)28-2)15-8-4-3-5-11-18(15)29-21/h6,9,12,17H,3-5,7-8,10-11,13-14H2,1-2H3,(H,23,26)/t17-/m0/s1. The van der Waals surface area contributed by atoms with Gasteiger partial charge in [-0.25, -0.2) is 4.79 Å². The largest absolute Gasteiger partial charge is 0.465 e. The molecule has 4 rings (SSSR count). The second kappa shape index (κ2) is 8.71. The average molecular weight is 416 g/mol. The molecular formula is C22H29N3O3S. The van der Waals surface area contributed by atoms with Crippen LogP contribution < -0.4 is 5.32 Å². The number of hydrogen-bond donors (Lipinski definition) is 1. The number of ether oxygens (including phenoxy) is 1. The molecule has 3 heterocycles. The van der Waals surface area contributed by atoms with E-state index < -0.39 is 0 Å². The number of methoxy groups -OCH3 is 1. The second-order valence-corrected chi connectivity index (χ2v) is 9.09. The van der Waals surface area contributed by atoms with Crippen LogP contribution in [0.1, 0.15) is 64.6 Å². The number of amides is 1. The van der Waals surface area contributed by atoms with Crippen LogP contribution in [0.5, 0.6) is 0 Å². The Morgan fingerprint density at radius 3 is 2.83 bits per heavy atom. The van der Waals surface area contributed by atoms with Crippen LogP contribution in [0.25, 0.3) is 0 Å². The molecule has 0 unspecified atom stereocenters. The van der Waals surface area contributed by atoms with Crippen molar-refractivity contribution in [3.8, 4) is 0 Å². The van der Waals surface area contributed by atoms with E-state index in [4.69, 9.17) is 4.74 Å². The summed E-state index contributed by atoms with van der Waals surface area (Å²) in [5.74, 6) is -0.407. The van der Waals surface area contributed by atoms with Gasteiger partial charge in [0.15, 0.2) is 0 Å². The predicted octanol–water partition coefficient (Wildman–Crippen LogP) is 3.92. The highest BCUT2D eigenvalue weighted by atomic mass is 32.1. The van der Waals surface area contributed by atoms with Crippen LogP contribution in [0.3, 0.4) is 0 Å². The first-order chi connectivity index (χ1) is 14.1. The fraction of sp³-hybridized carbons (Fsp3) is 0.545. The zero-order valence-corrected chi connectivity index (χ0v) is 18.0. The quantitative estimate of drug-likeness (QED) is 0.594. The first-order valence-corrected chi connectivity index (χ1v) is 11.3. The molecule has 2 aromatic rings. The molecule has 1 fully saturated rings. The molecule has 29 heavy (non-hydrogen) atoms. The van der Waals surface area contributed by atoms with Gasteiger partial charge in [0.05, 0.1) is 25.3 Å². The molecule has 0 aromatic carbocycles. The van der Waals surface area contributed by atoms with Crippen molar-refractivity contribution in [2.24, 2.45) is 7.05 Å². The van der Waals surface area contributed by atoms with Gasteiger partial charge in [0.2, 0.25) is 5.91 Å². The third kappa shape index (κ3) is 4.12. The summed E-state index contributed by atoms with van der Waals surface area (Å²) in [5.41, 5.74) is 2.90. The first kappa shape index (κ1) is 20.2. The molecule has 0 bridgehead atoms. The lowest BCUT2D eigenvalue weighted by Crippen LogP contribution is -2.33. The summed E-state index contributed by atoms with van der Waals surface area (Å²) in [7, 11) is 3.46. The molecule has 1 aliphatic carbocycles. The maximum atomic E-state index is 12.9. The predicted molar refractivity (Wildman–Crippen MR) is 115 cm³/mol. The Morgan fingerprint density at radius 2 is 2.07 bits per heavy atom. The van der Waals surface area contributed by atoms with Crippen LogP contribution in [0.4, 0.5) is 5.00 Å². The summed E-state index contributed by atoms with van der Waals surface area (Å²) < 4.78 is 7.17. The van der Waals surface area contributed by atoms with Crippen LogP contribution in [0, 0.1) is 0 Å². The molecule has 1 aliphatic heterocycles. The summed E-state index contributed by atoms with van der Waals surface area (Å²) in [4.78, 5) is 28.8. The number of likely N-dealkylation sites (tertiary alicyclic amines) is 1. The van der Waals surface area contributed by atoms with Crippen LogP contribution in [0.15, 0.2) is 18.3 Å². The van der Waals surface area contributed by atoms with Gasteiger partial charge in [0.25, 0.3) is 0 Å². The summed E-state index contributed by atoms with van der Waals surface area (Å²) >= 11 is 1.55. The Kier molecular flexibility index (Phi) is 6.06. The van der Waals surface area contributed by atoms with E-state index in [9.17, 15) is 9.59 Å². The summed E-state index contributed by atoms with van der Waals surface area (Å²) in [6, 6.07) is 4.45. The van der Waals surface area contributed by atoms with Crippen LogP contribution in [0.2, 0.25) is 0 Å². The van der Waals surface area contributed by atoms with Gasteiger partial charge < -0.3 is 14.6 Å². The highest BCUT2D eigenvalue weighted by molar-refractivity contribution is 7.17. The third-order valence-corrected chi connectivity index (χ3v) is 7.31. The SMILES string of the molecule is COC(=O)c1c(NC(=O)CN2CCC[C@H]2c2cccn2C)sc2c1CCCCC2. The highest BCUT2D eigenvalue weighted by Crippen LogP contribution is 2.38. The number of aromatic nitrogens is 1. The molecule has 7 heteroatoms. The lowest BCUT2D eigenvalue weighted by atomic mass is 10.1. The number of esters is 1. The topological polar surface area (TPSA) is 63.6 Å². The Hall–Kier alpha value is -2.12. The van der Waals surface area contributed by atoms with Crippen molar-refractivity contribution in [2.75, 3.05) is 25.5 Å². The number of carbonyl (C=O) groups excluding carboxylic acids is 2. The molecular weight excluding hydrogens is 386 g/mol. The zero-order valence-electron chi connectivity index (χ0n) is 17.2. The average Bonchev–Trinajstić information content (AvgIpc) is 3.36. The van der Waals surface area contributed by atoms with Gasteiger partial charge in [0, 0.05) is 23.8 Å². The fourth-order valence-corrected chi connectivity index (χ4v) is 5.96. The minimum absolute atomic E-state index is 0.0623. The van der Waals surface area contributed by atoms with E-state index >= 15 is 0 Å². The zero-order chi connectivity index (χ0) is 20.4. The molecule has 1 atom stereocenters. The number of nitrogens with one attached hydrogen (secondary N) is 1. The van der Waals surface area contributed by atoms with Crippen molar-refractivity contribution in [2.45, 2.75) is 51.0 Å². The molecule has 0 spiro atoms. The molecule has 1 N–H and O–H groups in total. The number of rotatable bonds is 5. The van der Waals surface area contributed by atoms with Crippen molar-refractivity contribution in [3.63, 3.8) is 0 Å². The number of fused-ring (bicyclic) bond motifs is 1. The third-order valence-electron chi connectivity index (χ3n) is 6.10. The lowest BCUT2D eigenvalue weighted by Gasteiger charge is -2.24. The van der Waals surface area contributed by atoms with Crippen molar-refractivity contribution in [3.05, 3.63) is 40.0 Å². The minimum atomic E-state index is -0.345. The van der Waals surface area contributed by atoms with E-state index in [-0.39, 0.29) is 17.9 Å². The first-order valence-electron chi connectivity index (χ1n) is 10.5. The number of carbonyl (C=O) groups is 2.